The Labute approximate surface area is 168 Å². The Bertz CT molecular complexity index is 14.4. The molecule has 0 heterocycles. The van der Waals surface area contributed by atoms with Gasteiger partial charge in [0.1, 0.15) is 0 Å². The molecule has 0 aromatic rings. The zero-order chi connectivity index (χ0) is 0. The standard InChI is InChI=1S/2Nd.7O.2Zr/q2*+3;7*-2;2*+4. The van der Waals surface area contributed by atoms with Crippen molar-refractivity contribution in [3.63, 3.8) is 0 Å². The van der Waals surface area contributed by atoms with E-state index in [4.69, 9.17) is 0 Å². The van der Waals surface area contributed by atoms with Crippen LogP contribution in [0.25, 0.3) is 0 Å². The van der Waals surface area contributed by atoms with Gasteiger partial charge in [-0.25, -0.2) is 0 Å². The van der Waals surface area contributed by atoms with Gasteiger partial charge in [-0.2, -0.15) is 0 Å². The third-order valence-electron chi connectivity index (χ3n) is 0. The van der Waals surface area contributed by atoms with Crippen molar-refractivity contribution < 1.29 is 172 Å². The van der Waals surface area contributed by atoms with E-state index < -0.39 is 0 Å². The van der Waals surface area contributed by atoms with Gasteiger partial charge in [0.2, 0.25) is 0 Å². The average Bonchev–Trinajstić information content (AvgIpc) is 0. The van der Waals surface area contributed by atoms with Crippen LogP contribution in [-0.2, 0) is 90.7 Å². The van der Waals surface area contributed by atoms with Crippen LogP contribution in [0.3, 0.4) is 0 Å². The SMILES string of the molecule is [Nd+3].[Nd+3].[O-2].[O-2].[O-2].[O-2].[O-2].[O-2].[O-2].[Zr+4].[Zr+4]. The third-order valence-corrected chi connectivity index (χ3v) is 0. The van der Waals surface area contributed by atoms with Gasteiger partial charge < -0.3 is 38.3 Å². The first kappa shape index (κ1) is 174. The average molecular weight is 583 g/mol. The molecule has 0 saturated heterocycles. The van der Waals surface area contributed by atoms with Gasteiger partial charge in [0.05, 0.1) is 0 Å². The second-order valence-corrected chi connectivity index (χ2v) is 0. The molecule has 0 fully saturated rings. The molecule has 0 aromatic carbocycles. The molecule has 0 bridgehead atoms. The minimum absolute atomic E-state index is 0. The quantitative estimate of drug-likeness (QED) is 0.343. The van der Waals surface area contributed by atoms with Crippen molar-refractivity contribution in [2.24, 2.45) is 0 Å². The summed E-state index contributed by atoms with van der Waals surface area (Å²) in [5.74, 6) is 0. The van der Waals surface area contributed by atoms with E-state index in [2.05, 4.69) is 0 Å². The van der Waals surface area contributed by atoms with Gasteiger partial charge in [-0.1, -0.05) is 0 Å². The van der Waals surface area contributed by atoms with Gasteiger partial charge in [0, 0.05) is 0 Å². The molecule has 11 heteroatoms. The molecule has 7 nitrogen and oxygen atoms in total. The number of hydrogen-bond donors (Lipinski definition) is 0. The smallest absolute Gasteiger partial charge is 2.00 e. The minimum atomic E-state index is 0. The summed E-state index contributed by atoms with van der Waals surface area (Å²) in [6.07, 6.45) is 0. The summed E-state index contributed by atoms with van der Waals surface area (Å²) in [6.45, 7) is 0. The van der Waals surface area contributed by atoms with E-state index >= 15 is 0 Å². The van der Waals surface area contributed by atoms with Crippen LogP contribution in [-0.4, -0.2) is 0 Å². The molecule has 0 N–H and O–H groups in total. The minimum Gasteiger partial charge on any atom is -2.00 e. The number of hydrogen-bond acceptors (Lipinski definition) is 0. The van der Waals surface area contributed by atoms with Gasteiger partial charge in [-0.05, 0) is 0 Å². The summed E-state index contributed by atoms with van der Waals surface area (Å²) in [5, 5.41) is 0. The Morgan fingerprint density at radius 3 is 0.273 bits per heavy atom. The molecule has 0 amide bonds. The maximum atomic E-state index is 0. The fourth-order valence-corrected chi connectivity index (χ4v) is 0. The van der Waals surface area contributed by atoms with Crippen LogP contribution in [0.15, 0.2) is 0 Å². The van der Waals surface area contributed by atoms with Crippen LogP contribution in [0.5, 0.6) is 0 Å². The molecule has 0 spiro atoms. The molecule has 0 atom stereocenters. The van der Waals surface area contributed by atoms with Gasteiger partial charge in [0.15, 0.2) is 0 Å². The Kier molecular flexibility index (Phi) is 2230. The Morgan fingerprint density at radius 1 is 0.273 bits per heavy atom. The van der Waals surface area contributed by atoms with Crippen molar-refractivity contribution in [3.8, 4) is 0 Å². The van der Waals surface area contributed by atoms with Crippen molar-refractivity contribution in [3.05, 3.63) is 0 Å². The van der Waals surface area contributed by atoms with E-state index in [1.807, 2.05) is 0 Å². The van der Waals surface area contributed by atoms with Crippen molar-refractivity contribution >= 4 is 0 Å². The Balaban J connectivity index is 0. The molecule has 0 unspecified atom stereocenters. The largest absolute Gasteiger partial charge is 4.00 e. The zero-order valence-corrected chi connectivity index (χ0v) is 16.2. The maximum absolute atomic E-state index is 0. The van der Waals surface area contributed by atoms with Crippen molar-refractivity contribution in [2.45, 2.75) is 0 Å². The molecule has 0 aromatic heterocycles. The molecule has 11 heavy (non-hydrogen) atoms. The number of rotatable bonds is 0. The molecule has 0 rings (SSSR count). The fraction of sp³-hybridized carbons (Fsp3) is 0. The summed E-state index contributed by atoms with van der Waals surface area (Å²) in [6, 6.07) is 0. The Morgan fingerprint density at radius 2 is 0.273 bits per heavy atom. The molecule has 0 aliphatic heterocycles. The zero-order valence-electron chi connectivity index (χ0n) is 4.86. The summed E-state index contributed by atoms with van der Waals surface area (Å²) < 4.78 is 0. The van der Waals surface area contributed by atoms with Crippen molar-refractivity contribution in [1.82, 2.24) is 0 Å². The van der Waals surface area contributed by atoms with E-state index in [0.717, 1.165) is 0 Å². The molecule has 0 aliphatic carbocycles. The Hall–Kier alpha value is 4.19. The monoisotopic (exact) mass is 576 g/mol. The van der Waals surface area contributed by atoms with Gasteiger partial charge in [-0.3, -0.25) is 0 Å². The first-order chi connectivity index (χ1) is 0. The molecule has 2 radical (unpaired) electrons. The van der Waals surface area contributed by atoms with Gasteiger partial charge in [0.25, 0.3) is 0 Å². The van der Waals surface area contributed by atoms with Crippen LogP contribution in [0, 0.1) is 81.7 Å². The summed E-state index contributed by atoms with van der Waals surface area (Å²) in [4.78, 5) is 0. The van der Waals surface area contributed by atoms with E-state index in [1.165, 1.54) is 0 Å². The van der Waals surface area contributed by atoms with Crippen LogP contribution in [0.4, 0.5) is 0 Å². The summed E-state index contributed by atoms with van der Waals surface area (Å²) >= 11 is 0. The van der Waals surface area contributed by atoms with Crippen LogP contribution in [0.2, 0.25) is 0 Å². The third kappa shape index (κ3) is 120. The molecular formula is Nd2O7Zr2. The molecular weight excluding hydrogens is 583 g/mol. The molecule has 0 saturated carbocycles. The van der Waals surface area contributed by atoms with Crippen molar-refractivity contribution in [1.29, 1.82) is 0 Å². The van der Waals surface area contributed by atoms with Gasteiger partial charge in [-0.15, -0.1) is 0 Å². The molecule has 0 aliphatic rings. The van der Waals surface area contributed by atoms with Gasteiger partial charge >= 0.3 is 134 Å². The van der Waals surface area contributed by atoms with Crippen LogP contribution < -0.4 is 0 Å². The van der Waals surface area contributed by atoms with E-state index in [-0.39, 0.29) is 172 Å². The second kappa shape index (κ2) is 141. The fourth-order valence-electron chi connectivity index (χ4n) is 0. The normalized spacial score (nSPS) is 0. The van der Waals surface area contributed by atoms with Crippen LogP contribution >= 0.6 is 0 Å². The van der Waals surface area contributed by atoms with E-state index in [1.54, 1.807) is 0 Å². The maximum Gasteiger partial charge on any atom is 4.00 e. The second-order valence-electron chi connectivity index (χ2n) is 0. The van der Waals surface area contributed by atoms with E-state index in [0.29, 0.717) is 0 Å². The first-order valence-corrected chi connectivity index (χ1v) is 0. The predicted molar refractivity (Wildman–Crippen MR) is 4.81 cm³/mol. The van der Waals surface area contributed by atoms with E-state index in [9.17, 15) is 0 Å². The predicted octanol–water partition coefficient (Wildman–Crippen LogP) is -0.837. The van der Waals surface area contributed by atoms with Crippen LogP contribution in [0.1, 0.15) is 0 Å². The summed E-state index contributed by atoms with van der Waals surface area (Å²) in [5.41, 5.74) is 0. The first-order valence-electron chi connectivity index (χ1n) is 0. The van der Waals surface area contributed by atoms with Crippen molar-refractivity contribution in [2.75, 3.05) is 0 Å². The summed E-state index contributed by atoms with van der Waals surface area (Å²) in [7, 11) is 0. The topological polar surface area (TPSA) is 200 Å². The molecule has 58 valence electrons.